The molecule has 3 rings (SSSR count). The lowest BCUT2D eigenvalue weighted by molar-refractivity contribution is 1.06. The molecular formula is C20H21N3. The first-order chi connectivity index (χ1) is 11.0. The molecule has 0 aliphatic heterocycles. The minimum atomic E-state index is 0.760. The van der Waals surface area contributed by atoms with Crippen LogP contribution in [0.5, 0.6) is 0 Å². The zero-order chi connectivity index (χ0) is 16.4. The molecule has 0 radical (unpaired) electrons. The standard InChI is InChI=1S/C20H21N3/c1-13-8-10-17(11-9-13)19-12-20(22-16(4)21-19)23-18-7-5-6-14(2)15(18)3/h5-12H,1-4H3,(H,21,22,23). The summed E-state index contributed by atoms with van der Waals surface area (Å²) in [5, 5.41) is 3.42. The largest absolute Gasteiger partial charge is 0.340 e. The number of aromatic nitrogens is 2. The molecule has 0 spiro atoms. The van der Waals surface area contributed by atoms with Gasteiger partial charge in [-0.2, -0.15) is 0 Å². The minimum absolute atomic E-state index is 0.760. The first-order valence-corrected chi connectivity index (χ1v) is 7.79. The first-order valence-electron chi connectivity index (χ1n) is 7.79. The van der Waals surface area contributed by atoms with Crippen LogP contribution >= 0.6 is 0 Å². The van der Waals surface area contributed by atoms with E-state index in [0.717, 1.165) is 28.6 Å². The molecule has 0 saturated heterocycles. The topological polar surface area (TPSA) is 37.8 Å². The van der Waals surface area contributed by atoms with Gasteiger partial charge in [0.15, 0.2) is 0 Å². The monoisotopic (exact) mass is 303 g/mol. The third-order valence-electron chi connectivity index (χ3n) is 4.05. The van der Waals surface area contributed by atoms with Crippen LogP contribution in [0.1, 0.15) is 22.5 Å². The van der Waals surface area contributed by atoms with Crippen LogP contribution in [0.3, 0.4) is 0 Å². The molecule has 3 aromatic rings. The quantitative estimate of drug-likeness (QED) is 0.729. The molecule has 0 atom stereocenters. The van der Waals surface area contributed by atoms with Crippen molar-refractivity contribution in [1.29, 1.82) is 0 Å². The Kier molecular flexibility index (Phi) is 4.11. The summed E-state index contributed by atoms with van der Waals surface area (Å²) in [6, 6.07) is 16.6. The van der Waals surface area contributed by atoms with Gasteiger partial charge in [-0.3, -0.25) is 0 Å². The molecule has 1 heterocycles. The molecule has 0 aliphatic rings. The molecule has 0 amide bonds. The number of benzene rings is 2. The van der Waals surface area contributed by atoms with E-state index in [1.165, 1.54) is 16.7 Å². The highest BCUT2D eigenvalue weighted by atomic mass is 15.0. The molecule has 1 N–H and O–H groups in total. The van der Waals surface area contributed by atoms with Gasteiger partial charge in [0.25, 0.3) is 0 Å². The van der Waals surface area contributed by atoms with Crippen LogP contribution in [0, 0.1) is 27.7 Å². The summed E-state index contributed by atoms with van der Waals surface area (Å²) in [7, 11) is 0. The fourth-order valence-corrected chi connectivity index (χ4v) is 2.53. The highest BCUT2D eigenvalue weighted by molar-refractivity contribution is 5.67. The number of anilines is 2. The average Bonchev–Trinajstić information content (AvgIpc) is 2.52. The second-order valence-electron chi connectivity index (χ2n) is 5.92. The van der Waals surface area contributed by atoms with Crippen LogP contribution in [0.4, 0.5) is 11.5 Å². The average molecular weight is 303 g/mol. The van der Waals surface area contributed by atoms with Gasteiger partial charge >= 0.3 is 0 Å². The molecule has 2 aromatic carbocycles. The van der Waals surface area contributed by atoms with Gasteiger partial charge in [0.1, 0.15) is 11.6 Å². The first kappa shape index (κ1) is 15.2. The van der Waals surface area contributed by atoms with Gasteiger partial charge in [0.2, 0.25) is 0 Å². The van der Waals surface area contributed by atoms with E-state index in [-0.39, 0.29) is 0 Å². The van der Waals surface area contributed by atoms with Crippen molar-refractivity contribution in [2.45, 2.75) is 27.7 Å². The highest BCUT2D eigenvalue weighted by Gasteiger charge is 2.07. The van der Waals surface area contributed by atoms with Crippen molar-refractivity contribution >= 4 is 11.5 Å². The van der Waals surface area contributed by atoms with Gasteiger partial charge in [-0.15, -0.1) is 0 Å². The number of rotatable bonds is 3. The number of nitrogens with zero attached hydrogens (tertiary/aromatic N) is 2. The number of hydrogen-bond acceptors (Lipinski definition) is 3. The van der Waals surface area contributed by atoms with Crippen molar-refractivity contribution in [3.05, 3.63) is 71.0 Å². The van der Waals surface area contributed by atoms with Crippen molar-refractivity contribution in [1.82, 2.24) is 9.97 Å². The summed E-state index contributed by atoms with van der Waals surface area (Å²) >= 11 is 0. The van der Waals surface area contributed by atoms with Crippen LogP contribution in [-0.2, 0) is 0 Å². The summed E-state index contributed by atoms with van der Waals surface area (Å²) in [4.78, 5) is 9.08. The fraction of sp³-hybridized carbons (Fsp3) is 0.200. The maximum absolute atomic E-state index is 4.56. The maximum Gasteiger partial charge on any atom is 0.134 e. The second-order valence-corrected chi connectivity index (χ2v) is 5.92. The van der Waals surface area contributed by atoms with E-state index in [1.807, 2.05) is 13.0 Å². The van der Waals surface area contributed by atoms with Gasteiger partial charge in [-0.05, 0) is 44.9 Å². The SMILES string of the molecule is Cc1ccc(-c2cc(Nc3cccc(C)c3C)nc(C)n2)cc1. The normalized spacial score (nSPS) is 10.6. The Labute approximate surface area is 137 Å². The predicted molar refractivity (Wildman–Crippen MR) is 96.1 cm³/mol. The van der Waals surface area contributed by atoms with E-state index < -0.39 is 0 Å². The third-order valence-corrected chi connectivity index (χ3v) is 4.05. The smallest absolute Gasteiger partial charge is 0.134 e. The van der Waals surface area contributed by atoms with E-state index in [9.17, 15) is 0 Å². The van der Waals surface area contributed by atoms with Crippen LogP contribution in [0.15, 0.2) is 48.5 Å². The van der Waals surface area contributed by atoms with Crippen LogP contribution in [0.25, 0.3) is 11.3 Å². The second kappa shape index (κ2) is 6.21. The van der Waals surface area contributed by atoms with Crippen molar-refractivity contribution < 1.29 is 0 Å². The lowest BCUT2D eigenvalue weighted by Gasteiger charge is -2.12. The summed E-state index contributed by atoms with van der Waals surface area (Å²) in [5.41, 5.74) is 6.86. The molecular weight excluding hydrogens is 282 g/mol. The number of hydrogen-bond donors (Lipinski definition) is 1. The van der Waals surface area contributed by atoms with Gasteiger partial charge in [-0.25, -0.2) is 9.97 Å². The third kappa shape index (κ3) is 3.39. The molecule has 0 bridgehead atoms. The van der Waals surface area contributed by atoms with E-state index in [1.54, 1.807) is 0 Å². The zero-order valence-electron chi connectivity index (χ0n) is 14.0. The lowest BCUT2D eigenvalue weighted by Crippen LogP contribution is -2.00. The molecule has 0 aliphatic carbocycles. The molecule has 3 heteroatoms. The van der Waals surface area contributed by atoms with Crippen molar-refractivity contribution in [2.75, 3.05) is 5.32 Å². The Morgan fingerprint density at radius 2 is 1.57 bits per heavy atom. The lowest BCUT2D eigenvalue weighted by atomic mass is 10.1. The Bertz CT molecular complexity index is 836. The van der Waals surface area contributed by atoms with Crippen LogP contribution < -0.4 is 5.32 Å². The number of aryl methyl sites for hydroxylation is 3. The molecule has 23 heavy (non-hydrogen) atoms. The van der Waals surface area contributed by atoms with Crippen molar-refractivity contribution in [2.24, 2.45) is 0 Å². The Morgan fingerprint density at radius 1 is 0.826 bits per heavy atom. The van der Waals surface area contributed by atoms with Gasteiger partial charge in [0.05, 0.1) is 5.69 Å². The number of nitrogens with one attached hydrogen (secondary N) is 1. The fourth-order valence-electron chi connectivity index (χ4n) is 2.53. The van der Waals surface area contributed by atoms with E-state index in [0.29, 0.717) is 0 Å². The molecule has 1 aromatic heterocycles. The Balaban J connectivity index is 1.97. The molecule has 0 saturated carbocycles. The summed E-state index contributed by atoms with van der Waals surface area (Å²) in [6.07, 6.45) is 0. The molecule has 0 fully saturated rings. The molecule has 0 unspecified atom stereocenters. The summed E-state index contributed by atoms with van der Waals surface area (Å²) in [6.45, 7) is 8.24. The van der Waals surface area contributed by atoms with Gasteiger partial charge in [-0.1, -0.05) is 42.0 Å². The van der Waals surface area contributed by atoms with E-state index >= 15 is 0 Å². The molecule has 116 valence electrons. The van der Waals surface area contributed by atoms with Crippen molar-refractivity contribution in [3.63, 3.8) is 0 Å². The predicted octanol–water partition coefficient (Wildman–Crippen LogP) is 5.12. The molecule has 3 nitrogen and oxygen atoms in total. The summed E-state index contributed by atoms with van der Waals surface area (Å²) in [5.74, 6) is 1.58. The van der Waals surface area contributed by atoms with E-state index in [2.05, 4.69) is 78.5 Å². The van der Waals surface area contributed by atoms with Crippen LogP contribution in [0.2, 0.25) is 0 Å². The zero-order valence-corrected chi connectivity index (χ0v) is 14.0. The van der Waals surface area contributed by atoms with Crippen molar-refractivity contribution in [3.8, 4) is 11.3 Å². The highest BCUT2D eigenvalue weighted by Crippen LogP contribution is 2.25. The Hall–Kier alpha value is -2.68. The van der Waals surface area contributed by atoms with Gasteiger partial charge in [0, 0.05) is 17.3 Å². The minimum Gasteiger partial charge on any atom is -0.340 e. The maximum atomic E-state index is 4.56. The van der Waals surface area contributed by atoms with E-state index in [4.69, 9.17) is 0 Å². The summed E-state index contributed by atoms with van der Waals surface area (Å²) < 4.78 is 0. The van der Waals surface area contributed by atoms with Gasteiger partial charge < -0.3 is 5.32 Å². The Morgan fingerprint density at radius 3 is 2.30 bits per heavy atom. The van der Waals surface area contributed by atoms with Crippen LogP contribution in [-0.4, -0.2) is 9.97 Å².